The lowest BCUT2D eigenvalue weighted by atomic mass is 10.1. The third kappa shape index (κ3) is 1.60. The Morgan fingerprint density at radius 2 is 2.15 bits per heavy atom. The number of aryl methyl sites for hydroxylation is 1. The second-order valence-electron chi connectivity index (χ2n) is 2.86. The summed E-state index contributed by atoms with van der Waals surface area (Å²) < 4.78 is 12.8. The maximum atomic E-state index is 12.8. The van der Waals surface area contributed by atoms with Crippen LogP contribution in [0.15, 0.2) is 29.2 Å². The van der Waals surface area contributed by atoms with Gasteiger partial charge in [-0.15, -0.1) is 0 Å². The highest BCUT2D eigenvalue weighted by atomic mass is 32.1. The molecule has 2 aromatic heterocycles. The highest BCUT2D eigenvalue weighted by Crippen LogP contribution is 2.26. The van der Waals surface area contributed by atoms with E-state index in [2.05, 4.69) is 4.98 Å². The van der Waals surface area contributed by atoms with Crippen LogP contribution in [0.1, 0.15) is 5.56 Å². The van der Waals surface area contributed by atoms with Crippen LogP contribution >= 0.6 is 11.3 Å². The molecular formula is C10H8FNS. The molecule has 0 aliphatic rings. The Morgan fingerprint density at radius 1 is 1.31 bits per heavy atom. The van der Waals surface area contributed by atoms with Gasteiger partial charge in [0.15, 0.2) is 0 Å². The maximum Gasteiger partial charge on any atom is 0.142 e. The first-order valence-electron chi connectivity index (χ1n) is 3.91. The molecule has 66 valence electrons. The minimum absolute atomic E-state index is 0.289. The van der Waals surface area contributed by atoms with Gasteiger partial charge in [-0.25, -0.2) is 4.39 Å². The largest absolute Gasteiger partial charge is 0.261 e. The van der Waals surface area contributed by atoms with Crippen LogP contribution in [0.3, 0.4) is 0 Å². The first-order valence-corrected chi connectivity index (χ1v) is 4.85. The SMILES string of the molecule is Cc1cscc1-c1cncc(F)c1. The molecule has 0 saturated heterocycles. The molecule has 0 aliphatic heterocycles. The molecule has 2 heterocycles. The third-order valence-electron chi connectivity index (χ3n) is 1.87. The molecule has 3 heteroatoms. The summed E-state index contributed by atoms with van der Waals surface area (Å²) in [7, 11) is 0. The van der Waals surface area contributed by atoms with E-state index in [-0.39, 0.29) is 5.82 Å². The molecule has 13 heavy (non-hydrogen) atoms. The van der Waals surface area contributed by atoms with Crippen LogP contribution < -0.4 is 0 Å². The second kappa shape index (κ2) is 3.26. The quantitative estimate of drug-likeness (QED) is 0.677. The zero-order valence-electron chi connectivity index (χ0n) is 7.12. The fourth-order valence-electron chi connectivity index (χ4n) is 1.22. The zero-order valence-corrected chi connectivity index (χ0v) is 7.94. The van der Waals surface area contributed by atoms with Gasteiger partial charge in [-0.3, -0.25) is 4.98 Å². The Kier molecular flexibility index (Phi) is 2.10. The third-order valence-corrected chi connectivity index (χ3v) is 2.73. The first-order chi connectivity index (χ1) is 6.27. The van der Waals surface area contributed by atoms with E-state index in [1.54, 1.807) is 17.5 Å². The van der Waals surface area contributed by atoms with Gasteiger partial charge in [0.05, 0.1) is 6.20 Å². The van der Waals surface area contributed by atoms with Crippen LogP contribution in [0.25, 0.3) is 11.1 Å². The van der Waals surface area contributed by atoms with Crippen LogP contribution in [0.4, 0.5) is 4.39 Å². The summed E-state index contributed by atoms with van der Waals surface area (Å²) in [6, 6.07) is 1.50. The number of aromatic nitrogens is 1. The summed E-state index contributed by atoms with van der Waals surface area (Å²) >= 11 is 1.62. The fourth-order valence-corrected chi connectivity index (χ4v) is 2.07. The summed E-state index contributed by atoms with van der Waals surface area (Å²) in [5.74, 6) is -0.289. The molecule has 0 spiro atoms. The van der Waals surface area contributed by atoms with E-state index in [1.165, 1.54) is 12.3 Å². The average Bonchev–Trinajstić information content (AvgIpc) is 2.51. The predicted octanol–water partition coefficient (Wildman–Crippen LogP) is 3.26. The Balaban J connectivity index is 2.53. The first kappa shape index (κ1) is 8.38. The van der Waals surface area contributed by atoms with Gasteiger partial charge in [0.25, 0.3) is 0 Å². The molecule has 0 saturated carbocycles. The second-order valence-corrected chi connectivity index (χ2v) is 3.60. The fraction of sp³-hybridized carbons (Fsp3) is 0.100. The Bertz CT molecular complexity index is 422. The monoisotopic (exact) mass is 193 g/mol. The number of hydrogen-bond donors (Lipinski definition) is 0. The van der Waals surface area contributed by atoms with E-state index < -0.39 is 0 Å². The van der Waals surface area contributed by atoms with Crippen LogP contribution in [0.2, 0.25) is 0 Å². The van der Waals surface area contributed by atoms with Crippen molar-refractivity contribution in [3.63, 3.8) is 0 Å². The van der Waals surface area contributed by atoms with Gasteiger partial charge in [-0.05, 0) is 34.9 Å². The van der Waals surface area contributed by atoms with Crippen LogP contribution in [-0.2, 0) is 0 Å². The molecule has 0 unspecified atom stereocenters. The van der Waals surface area contributed by atoms with E-state index in [0.29, 0.717) is 0 Å². The van der Waals surface area contributed by atoms with Crippen molar-refractivity contribution >= 4 is 11.3 Å². The molecule has 2 aromatic rings. The van der Waals surface area contributed by atoms with Crippen molar-refractivity contribution in [1.82, 2.24) is 4.98 Å². The lowest BCUT2D eigenvalue weighted by molar-refractivity contribution is 0.622. The molecule has 0 fully saturated rings. The minimum Gasteiger partial charge on any atom is -0.261 e. The Hall–Kier alpha value is -1.22. The van der Waals surface area contributed by atoms with Gasteiger partial charge in [0, 0.05) is 11.8 Å². The molecule has 0 atom stereocenters. The summed E-state index contributed by atoms with van der Waals surface area (Å²) in [4.78, 5) is 3.81. The van der Waals surface area contributed by atoms with Crippen molar-refractivity contribution in [3.05, 3.63) is 40.6 Å². The summed E-state index contributed by atoms with van der Waals surface area (Å²) in [5, 5.41) is 4.05. The number of hydrogen-bond acceptors (Lipinski definition) is 2. The summed E-state index contributed by atoms with van der Waals surface area (Å²) in [6.45, 7) is 2.01. The van der Waals surface area contributed by atoms with Crippen LogP contribution in [0.5, 0.6) is 0 Å². The van der Waals surface area contributed by atoms with Crippen molar-refractivity contribution in [1.29, 1.82) is 0 Å². The zero-order chi connectivity index (χ0) is 9.26. The molecule has 0 amide bonds. The number of nitrogens with zero attached hydrogens (tertiary/aromatic N) is 1. The summed E-state index contributed by atoms with van der Waals surface area (Å²) in [6.07, 6.45) is 2.89. The number of pyridine rings is 1. The van der Waals surface area contributed by atoms with Crippen molar-refractivity contribution in [2.24, 2.45) is 0 Å². The highest BCUT2D eigenvalue weighted by molar-refractivity contribution is 7.08. The molecule has 2 rings (SSSR count). The molecular weight excluding hydrogens is 185 g/mol. The van der Waals surface area contributed by atoms with Crippen molar-refractivity contribution in [2.45, 2.75) is 6.92 Å². The normalized spacial score (nSPS) is 10.3. The summed E-state index contributed by atoms with van der Waals surface area (Å²) in [5.41, 5.74) is 3.08. The molecule has 0 radical (unpaired) electrons. The Labute approximate surface area is 79.9 Å². The van der Waals surface area contributed by atoms with E-state index in [0.717, 1.165) is 16.7 Å². The van der Waals surface area contributed by atoms with Crippen LogP contribution in [0, 0.1) is 12.7 Å². The van der Waals surface area contributed by atoms with E-state index >= 15 is 0 Å². The van der Waals surface area contributed by atoms with Gasteiger partial charge in [-0.2, -0.15) is 11.3 Å². The number of halogens is 1. The molecule has 1 nitrogen and oxygen atoms in total. The Morgan fingerprint density at radius 3 is 2.77 bits per heavy atom. The highest BCUT2D eigenvalue weighted by Gasteiger charge is 2.03. The van der Waals surface area contributed by atoms with Gasteiger partial charge < -0.3 is 0 Å². The van der Waals surface area contributed by atoms with Crippen LogP contribution in [-0.4, -0.2) is 4.98 Å². The van der Waals surface area contributed by atoms with E-state index in [1.807, 2.05) is 17.7 Å². The topological polar surface area (TPSA) is 12.9 Å². The lowest BCUT2D eigenvalue weighted by Crippen LogP contribution is -1.82. The average molecular weight is 193 g/mol. The molecule has 0 N–H and O–H groups in total. The van der Waals surface area contributed by atoms with Crippen molar-refractivity contribution in [3.8, 4) is 11.1 Å². The molecule has 0 aromatic carbocycles. The van der Waals surface area contributed by atoms with Gasteiger partial charge >= 0.3 is 0 Å². The predicted molar refractivity (Wildman–Crippen MR) is 52.2 cm³/mol. The van der Waals surface area contributed by atoms with Gasteiger partial charge in [0.1, 0.15) is 5.82 Å². The number of thiophene rings is 1. The minimum atomic E-state index is -0.289. The van der Waals surface area contributed by atoms with Gasteiger partial charge in [-0.1, -0.05) is 0 Å². The maximum absolute atomic E-state index is 12.8. The lowest BCUT2D eigenvalue weighted by Gasteiger charge is -1.98. The van der Waals surface area contributed by atoms with E-state index in [4.69, 9.17) is 0 Å². The van der Waals surface area contributed by atoms with Crippen molar-refractivity contribution in [2.75, 3.05) is 0 Å². The van der Waals surface area contributed by atoms with Crippen molar-refractivity contribution < 1.29 is 4.39 Å². The number of rotatable bonds is 1. The molecule has 0 aliphatic carbocycles. The van der Waals surface area contributed by atoms with E-state index in [9.17, 15) is 4.39 Å². The smallest absolute Gasteiger partial charge is 0.142 e. The standard InChI is InChI=1S/C10H8FNS/c1-7-5-13-6-10(7)8-2-9(11)4-12-3-8/h2-6H,1H3. The molecule has 0 bridgehead atoms. The van der Waals surface area contributed by atoms with Gasteiger partial charge in [0.2, 0.25) is 0 Å².